The van der Waals surface area contributed by atoms with Crippen molar-refractivity contribution in [1.29, 1.82) is 0 Å². The number of nitrogens with two attached hydrogens (primary N) is 1. The first-order chi connectivity index (χ1) is 8.21. The van der Waals surface area contributed by atoms with Crippen molar-refractivity contribution in [2.75, 3.05) is 18.5 Å². The Labute approximate surface area is 109 Å². The number of halogens is 3. The Bertz CT molecular complexity index is 434. The van der Waals surface area contributed by atoms with Crippen molar-refractivity contribution in [1.82, 2.24) is 4.98 Å². The molecule has 0 amide bonds. The summed E-state index contributed by atoms with van der Waals surface area (Å²) in [7, 11) is 1.65. The van der Waals surface area contributed by atoms with E-state index in [1.54, 1.807) is 11.9 Å². The summed E-state index contributed by atoms with van der Waals surface area (Å²) in [5, 5.41) is 0. The lowest BCUT2D eigenvalue weighted by molar-refractivity contribution is -0.137. The third kappa shape index (κ3) is 3.83. The van der Waals surface area contributed by atoms with E-state index in [0.717, 1.165) is 18.3 Å². The van der Waals surface area contributed by atoms with Gasteiger partial charge in [0.15, 0.2) is 0 Å². The van der Waals surface area contributed by atoms with Gasteiger partial charge < -0.3 is 10.6 Å². The molecule has 0 bridgehead atoms. The molecule has 0 saturated heterocycles. The molecule has 1 aromatic rings. The standard InChI is InChI=1S/C11H14F3N3S/c1-7(10(15)18)6-17(2)9-5-8(3-4-16-9)11(12,13)14/h3-5,7H,6H2,1-2H3,(H2,15,18). The molecule has 0 radical (unpaired) electrons. The predicted molar refractivity (Wildman–Crippen MR) is 68.5 cm³/mol. The molecule has 1 heterocycles. The average molecular weight is 277 g/mol. The molecule has 0 spiro atoms. The summed E-state index contributed by atoms with van der Waals surface area (Å²) >= 11 is 4.82. The van der Waals surface area contributed by atoms with E-state index in [0.29, 0.717) is 11.5 Å². The summed E-state index contributed by atoms with van der Waals surface area (Å²) in [6, 6.07) is 1.95. The molecule has 1 unspecified atom stereocenters. The summed E-state index contributed by atoms with van der Waals surface area (Å²) < 4.78 is 37.6. The van der Waals surface area contributed by atoms with Gasteiger partial charge in [0.25, 0.3) is 0 Å². The van der Waals surface area contributed by atoms with Gasteiger partial charge in [0, 0.05) is 25.7 Å². The van der Waals surface area contributed by atoms with Crippen molar-refractivity contribution >= 4 is 23.0 Å². The van der Waals surface area contributed by atoms with Gasteiger partial charge in [-0.05, 0) is 12.1 Å². The van der Waals surface area contributed by atoms with Crippen LogP contribution in [0.4, 0.5) is 19.0 Å². The summed E-state index contributed by atoms with van der Waals surface area (Å²) in [4.78, 5) is 5.83. The molecule has 3 nitrogen and oxygen atoms in total. The van der Waals surface area contributed by atoms with Crippen LogP contribution in [0.15, 0.2) is 18.3 Å². The highest BCUT2D eigenvalue weighted by Gasteiger charge is 2.31. The Kier molecular flexibility index (Phi) is 4.50. The monoisotopic (exact) mass is 277 g/mol. The Balaban J connectivity index is 2.87. The lowest BCUT2D eigenvalue weighted by Gasteiger charge is -2.22. The van der Waals surface area contributed by atoms with Crippen LogP contribution < -0.4 is 10.6 Å². The number of nitrogens with zero attached hydrogens (tertiary/aromatic N) is 2. The first kappa shape index (κ1) is 14.7. The number of rotatable bonds is 4. The maximum absolute atomic E-state index is 12.5. The van der Waals surface area contributed by atoms with E-state index >= 15 is 0 Å². The largest absolute Gasteiger partial charge is 0.416 e. The number of hydrogen-bond donors (Lipinski definition) is 1. The molecule has 18 heavy (non-hydrogen) atoms. The Morgan fingerprint density at radius 2 is 2.17 bits per heavy atom. The van der Waals surface area contributed by atoms with Crippen molar-refractivity contribution in [2.24, 2.45) is 11.7 Å². The zero-order valence-corrected chi connectivity index (χ0v) is 10.8. The van der Waals surface area contributed by atoms with Crippen LogP contribution in [0.3, 0.4) is 0 Å². The van der Waals surface area contributed by atoms with Gasteiger partial charge in [-0.2, -0.15) is 13.2 Å². The van der Waals surface area contributed by atoms with Crippen LogP contribution in [-0.2, 0) is 6.18 Å². The minimum atomic E-state index is -4.37. The van der Waals surface area contributed by atoms with Gasteiger partial charge in [-0.1, -0.05) is 19.1 Å². The number of aromatic nitrogens is 1. The maximum Gasteiger partial charge on any atom is 0.416 e. The number of pyridine rings is 1. The second kappa shape index (κ2) is 5.51. The highest BCUT2D eigenvalue weighted by Crippen LogP contribution is 2.30. The quantitative estimate of drug-likeness (QED) is 0.858. The highest BCUT2D eigenvalue weighted by atomic mass is 32.1. The Hall–Kier alpha value is -1.37. The molecule has 1 aromatic heterocycles. The molecule has 2 N–H and O–H groups in total. The van der Waals surface area contributed by atoms with Crippen LogP contribution in [0.1, 0.15) is 12.5 Å². The number of thiocarbonyl (C=S) groups is 1. The van der Waals surface area contributed by atoms with E-state index in [2.05, 4.69) is 4.98 Å². The Morgan fingerprint density at radius 1 is 1.56 bits per heavy atom. The normalized spacial score (nSPS) is 13.2. The van der Waals surface area contributed by atoms with Gasteiger partial charge in [0.1, 0.15) is 5.82 Å². The number of hydrogen-bond acceptors (Lipinski definition) is 3. The van der Waals surface area contributed by atoms with Crippen molar-refractivity contribution in [3.05, 3.63) is 23.9 Å². The van der Waals surface area contributed by atoms with Crippen LogP contribution in [0, 0.1) is 5.92 Å². The SMILES string of the molecule is CC(CN(C)c1cc(C(F)(F)F)ccn1)C(N)=S. The van der Waals surface area contributed by atoms with Gasteiger partial charge in [-0.15, -0.1) is 0 Å². The van der Waals surface area contributed by atoms with Gasteiger partial charge >= 0.3 is 6.18 Å². The maximum atomic E-state index is 12.5. The van der Waals surface area contributed by atoms with E-state index in [-0.39, 0.29) is 11.7 Å². The lowest BCUT2D eigenvalue weighted by Crippen LogP contribution is -2.31. The van der Waals surface area contributed by atoms with Crippen molar-refractivity contribution < 1.29 is 13.2 Å². The summed E-state index contributed by atoms with van der Waals surface area (Å²) in [6.07, 6.45) is -3.23. The Morgan fingerprint density at radius 3 is 2.67 bits per heavy atom. The van der Waals surface area contributed by atoms with Crippen LogP contribution in [0.5, 0.6) is 0 Å². The second-order valence-corrected chi connectivity index (χ2v) is 4.56. The average Bonchev–Trinajstić information content (AvgIpc) is 2.27. The summed E-state index contributed by atoms with van der Waals surface area (Å²) in [5.74, 6) is 0.147. The molecule has 0 fully saturated rings. The lowest BCUT2D eigenvalue weighted by atomic mass is 10.1. The molecule has 0 aliphatic rings. The van der Waals surface area contributed by atoms with Crippen LogP contribution in [0.25, 0.3) is 0 Å². The molecule has 1 rings (SSSR count). The second-order valence-electron chi connectivity index (χ2n) is 4.08. The zero-order chi connectivity index (χ0) is 13.9. The van der Waals surface area contributed by atoms with Gasteiger partial charge in [0.2, 0.25) is 0 Å². The molecule has 1 atom stereocenters. The predicted octanol–water partition coefficient (Wildman–Crippen LogP) is 2.46. The third-order valence-electron chi connectivity index (χ3n) is 2.50. The van der Waals surface area contributed by atoms with E-state index in [1.807, 2.05) is 6.92 Å². The van der Waals surface area contributed by atoms with Crippen LogP contribution >= 0.6 is 12.2 Å². The van der Waals surface area contributed by atoms with Gasteiger partial charge in [-0.25, -0.2) is 4.98 Å². The minimum Gasteiger partial charge on any atom is -0.393 e. The highest BCUT2D eigenvalue weighted by molar-refractivity contribution is 7.80. The smallest absolute Gasteiger partial charge is 0.393 e. The fourth-order valence-corrected chi connectivity index (χ4v) is 1.47. The topological polar surface area (TPSA) is 42.2 Å². The van der Waals surface area contributed by atoms with E-state index < -0.39 is 11.7 Å². The molecular formula is C11H14F3N3S. The molecule has 0 saturated carbocycles. The number of anilines is 1. The fraction of sp³-hybridized carbons (Fsp3) is 0.455. The third-order valence-corrected chi connectivity index (χ3v) is 2.90. The number of alkyl halides is 3. The van der Waals surface area contributed by atoms with E-state index in [1.165, 1.54) is 0 Å². The summed E-state index contributed by atoms with van der Waals surface area (Å²) in [6.45, 7) is 2.23. The first-order valence-electron chi connectivity index (χ1n) is 5.25. The summed E-state index contributed by atoms with van der Waals surface area (Å²) in [5.41, 5.74) is 4.75. The van der Waals surface area contributed by atoms with Crippen molar-refractivity contribution in [3.63, 3.8) is 0 Å². The zero-order valence-electron chi connectivity index (χ0n) is 10.0. The minimum absolute atomic E-state index is 0.0960. The molecule has 0 aliphatic carbocycles. The van der Waals surface area contributed by atoms with Crippen LogP contribution in [-0.4, -0.2) is 23.6 Å². The van der Waals surface area contributed by atoms with Crippen LogP contribution in [0.2, 0.25) is 0 Å². The van der Waals surface area contributed by atoms with E-state index in [4.69, 9.17) is 18.0 Å². The molecule has 0 aliphatic heterocycles. The van der Waals surface area contributed by atoms with E-state index in [9.17, 15) is 13.2 Å². The molecule has 100 valence electrons. The van der Waals surface area contributed by atoms with Gasteiger partial charge in [-0.3, -0.25) is 0 Å². The molecule has 7 heteroatoms. The molecular weight excluding hydrogens is 263 g/mol. The van der Waals surface area contributed by atoms with Crippen molar-refractivity contribution in [3.8, 4) is 0 Å². The van der Waals surface area contributed by atoms with Gasteiger partial charge in [0.05, 0.1) is 10.6 Å². The fourth-order valence-electron chi connectivity index (χ4n) is 1.40. The van der Waals surface area contributed by atoms with Crippen molar-refractivity contribution in [2.45, 2.75) is 13.1 Å². The molecule has 0 aromatic carbocycles. The first-order valence-corrected chi connectivity index (χ1v) is 5.66.